The quantitative estimate of drug-likeness (QED) is 0.397. The number of methoxy groups -OCH3 is 1. The monoisotopic (exact) mass is 367 g/mol. The second-order valence-corrected chi connectivity index (χ2v) is 6.63. The van der Waals surface area contributed by atoms with Gasteiger partial charge in [0, 0.05) is 12.1 Å². The molecule has 1 saturated heterocycles. The SMILES string of the molecule is CCCCCC(=O)O[C@H]1C(=O)N(c2ccc(OC)cc2)[C@H]1c1ccccc1. The van der Waals surface area contributed by atoms with E-state index in [0.717, 1.165) is 36.3 Å². The molecule has 2 aromatic carbocycles. The first-order valence-electron chi connectivity index (χ1n) is 9.37. The van der Waals surface area contributed by atoms with Crippen LogP contribution in [0.3, 0.4) is 0 Å². The number of ether oxygens (including phenoxy) is 2. The van der Waals surface area contributed by atoms with Gasteiger partial charge in [0.15, 0.2) is 0 Å². The minimum absolute atomic E-state index is 0.196. The van der Waals surface area contributed by atoms with Crippen molar-refractivity contribution in [1.29, 1.82) is 0 Å². The van der Waals surface area contributed by atoms with E-state index in [2.05, 4.69) is 6.92 Å². The van der Waals surface area contributed by atoms with Crippen molar-refractivity contribution in [2.24, 2.45) is 0 Å². The van der Waals surface area contributed by atoms with Crippen LogP contribution in [0.25, 0.3) is 0 Å². The number of anilines is 1. The minimum atomic E-state index is -0.774. The van der Waals surface area contributed by atoms with Gasteiger partial charge in [-0.15, -0.1) is 0 Å². The molecule has 1 aliphatic rings. The second kappa shape index (κ2) is 8.71. The predicted molar refractivity (Wildman–Crippen MR) is 104 cm³/mol. The Morgan fingerprint density at radius 3 is 2.37 bits per heavy atom. The summed E-state index contributed by atoms with van der Waals surface area (Å²) < 4.78 is 10.7. The van der Waals surface area contributed by atoms with E-state index < -0.39 is 6.10 Å². The number of β-lactam (4-membered cyclic amide) rings is 1. The molecule has 0 bridgehead atoms. The first-order chi connectivity index (χ1) is 13.2. The highest BCUT2D eigenvalue weighted by atomic mass is 16.6. The van der Waals surface area contributed by atoms with Gasteiger partial charge in [-0.25, -0.2) is 0 Å². The van der Waals surface area contributed by atoms with Crippen molar-refractivity contribution in [2.75, 3.05) is 12.0 Å². The number of hydrogen-bond acceptors (Lipinski definition) is 4. The molecule has 0 N–H and O–H groups in total. The van der Waals surface area contributed by atoms with E-state index in [1.165, 1.54) is 0 Å². The van der Waals surface area contributed by atoms with Crippen molar-refractivity contribution >= 4 is 17.6 Å². The lowest BCUT2D eigenvalue weighted by molar-refractivity contribution is -0.162. The Hall–Kier alpha value is -2.82. The van der Waals surface area contributed by atoms with Crippen LogP contribution >= 0.6 is 0 Å². The van der Waals surface area contributed by atoms with Gasteiger partial charge in [0.05, 0.1) is 7.11 Å². The zero-order valence-corrected chi connectivity index (χ0v) is 15.8. The molecule has 0 aromatic heterocycles. The summed E-state index contributed by atoms with van der Waals surface area (Å²) in [5.41, 5.74) is 1.70. The van der Waals surface area contributed by atoms with Crippen LogP contribution in [-0.2, 0) is 14.3 Å². The molecule has 5 heteroatoms. The smallest absolute Gasteiger partial charge is 0.306 e. The van der Waals surface area contributed by atoms with Gasteiger partial charge in [-0.3, -0.25) is 14.5 Å². The number of esters is 1. The van der Waals surface area contributed by atoms with Crippen LogP contribution in [0, 0.1) is 0 Å². The molecule has 0 saturated carbocycles. The molecule has 1 aliphatic heterocycles. The van der Waals surface area contributed by atoms with E-state index in [4.69, 9.17) is 9.47 Å². The van der Waals surface area contributed by atoms with Gasteiger partial charge in [-0.2, -0.15) is 0 Å². The molecule has 2 atom stereocenters. The Morgan fingerprint density at radius 2 is 1.74 bits per heavy atom. The van der Waals surface area contributed by atoms with E-state index >= 15 is 0 Å². The van der Waals surface area contributed by atoms with Crippen LogP contribution in [0.15, 0.2) is 54.6 Å². The number of benzene rings is 2. The fraction of sp³-hybridized carbons (Fsp3) is 0.364. The van der Waals surface area contributed by atoms with Crippen LogP contribution in [0.5, 0.6) is 5.75 Å². The third kappa shape index (κ3) is 4.13. The van der Waals surface area contributed by atoms with E-state index in [0.29, 0.717) is 6.42 Å². The topological polar surface area (TPSA) is 55.8 Å². The highest BCUT2D eigenvalue weighted by Gasteiger charge is 2.51. The van der Waals surface area contributed by atoms with Crippen molar-refractivity contribution in [2.45, 2.75) is 44.8 Å². The van der Waals surface area contributed by atoms with Crippen molar-refractivity contribution in [3.63, 3.8) is 0 Å². The van der Waals surface area contributed by atoms with Gasteiger partial charge in [0.2, 0.25) is 6.10 Å². The first-order valence-corrected chi connectivity index (χ1v) is 9.37. The van der Waals surface area contributed by atoms with E-state index in [9.17, 15) is 9.59 Å². The molecule has 1 fully saturated rings. The lowest BCUT2D eigenvalue weighted by Gasteiger charge is -2.46. The predicted octanol–water partition coefficient (Wildman–Crippen LogP) is 4.28. The molecule has 1 amide bonds. The van der Waals surface area contributed by atoms with Gasteiger partial charge in [0.25, 0.3) is 5.91 Å². The Kier molecular flexibility index (Phi) is 6.12. The zero-order valence-electron chi connectivity index (χ0n) is 15.8. The average Bonchev–Trinajstić information content (AvgIpc) is 2.71. The average molecular weight is 367 g/mol. The summed E-state index contributed by atoms with van der Waals surface area (Å²) in [4.78, 5) is 26.6. The molecular formula is C22H25NO4. The van der Waals surface area contributed by atoms with Gasteiger partial charge in [-0.05, 0) is 36.2 Å². The normalized spacial score (nSPS) is 18.7. The first kappa shape index (κ1) is 19.0. The van der Waals surface area contributed by atoms with Gasteiger partial charge < -0.3 is 9.47 Å². The summed E-state index contributed by atoms with van der Waals surface area (Å²) in [5.74, 6) is 0.219. The van der Waals surface area contributed by atoms with Crippen molar-refractivity contribution in [3.05, 3.63) is 60.2 Å². The molecule has 0 spiro atoms. The molecule has 3 rings (SSSR count). The van der Waals surface area contributed by atoms with E-state index in [1.54, 1.807) is 12.0 Å². The summed E-state index contributed by atoms with van der Waals surface area (Å²) in [7, 11) is 1.60. The van der Waals surface area contributed by atoms with Crippen LogP contribution in [0.1, 0.15) is 44.2 Å². The summed E-state index contributed by atoms with van der Waals surface area (Å²) in [6.45, 7) is 2.08. The van der Waals surface area contributed by atoms with Crippen molar-refractivity contribution in [1.82, 2.24) is 0 Å². The maximum atomic E-state index is 12.8. The second-order valence-electron chi connectivity index (χ2n) is 6.63. The van der Waals surface area contributed by atoms with Gasteiger partial charge in [-0.1, -0.05) is 50.1 Å². The van der Waals surface area contributed by atoms with Crippen LogP contribution in [0.2, 0.25) is 0 Å². The van der Waals surface area contributed by atoms with Crippen LogP contribution in [-0.4, -0.2) is 25.1 Å². The summed E-state index contributed by atoms with van der Waals surface area (Å²) in [6, 6.07) is 16.7. The summed E-state index contributed by atoms with van der Waals surface area (Å²) in [5, 5.41) is 0. The summed E-state index contributed by atoms with van der Waals surface area (Å²) >= 11 is 0. The van der Waals surface area contributed by atoms with Crippen LogP contribution in [0.4, 0.5) is 5.69 Å². The fourth-order valence-electron chi connectivity index (χ4n) is 3.30. The molecule has 5 nitrogen and oxygen atoms in total. The molecule has 0 aliphatic carbocycles. The van der Waals surface area contributed by atoms with E-state index in [1.807, 2.05) is 54.6 Å². The zero-order chi connectivity index (χ0) is 19.2. The largest absolute Gasteiger partial charge is 0.497 e. The maximum absolute atomic E-state index is 12.8. The third-order valence-electron chi connectivity index (χ3n) is 4.78. The van der Waals surface area contributed by atoms with E-state index in [-0.39, 0.29) is 17.9 Å². The molecule has 0 unspecified atom stereocenters. The lowest BCUT2D eigenvalue weighted by Crippen LogP contribution is -2.60. The molecule has 142 valence electrons. The number of unbranched alkanes of at least 4 members (excludes halogenated alkanes) is 2. The Bertz CT molecular complexity index is 773. The number of carbonyl (C=O) groups excluding carboxylic acids is 2. The molecular weight excluding hydrogens is 342 g/mol. The Balaban J connectivity index is 1.80. The highest BCUT2D eigenvalue weighted by Crippen LogP contribution is 2.41. The number of nitrogens with zero attached hydrogens (tertiary/aromatic N) is 1. The Morgan fingerprint density at radius 1 is 1.04 bits per heavy atom. The number of hydrogen-bond donors (Lipinski definition) is 0. The standard InChI is InChI=1S/C22H25NO4/c1-3-4-6-11-19(24)27-21-20(16-9-7-5-8-10-16)23(22(21)25)17-12-14-18(26-2)15-13-17/h5,7-10,12-15,20-21H,3-4,6,11H2,1-2H3/t20-,21+/m0/s1. The maximum Gasteiger partial charge on any atom is 0.306 e. The Labute approximate surface area is 159 Å². The van der Waals surface area contributed by atoms with Crippen LogP contribution < -0.4 is 9.64 Å². The van der Waals surface area contributed by atoms with Crippen molar-refractivity contribution < 1.29 is 19.1 Å². The fourth-order valence-corrected chi connectivity index (χ4v) is 3.30. The molecule has 1 heterocycles. The highest BCUT2D eigenvalue weighted by molar-refractivity contribution is 6.06. The number of rotatable bonds is 8. The molecule has 2 aromatic rings. The number of amides is 1. The van der Waals surface area contributed by atoms with Gasteiger partial charge in [0.1, 0.15) is 11.8 Å². The molecule has 27 heavy (non-hydrogen) atoms. The third-order valence-corrected chi connectivity index (χ3v) is 4.78. The lowest BCUT2D eigenvalue weighted by atomic mass is 9.89. The van der Waals surface area contributed by atoms with Gasteiger partial charge >= 0.3 is 5.97 Å². The molecule has 0 radical (unpaired) electrons. The summed E-state index contributed by atoms with van der Waals surface area (Å²) in [6.07, 6.45) is 2.38. The number of carbonyl (C=O) groups is 2. The minimum Gasteiger partial charge on any atom is -0.497 e. The van der Waals surface area contributed by atoms with Crippen molar-refractivity contribution in [3.8, 4) is 5.75 Å².